The molecular weight excluding hydrogens is 699 g/mol. The number of ether oxygens (including phenoxy) is 1. The van der Waals surface area contributed by atoms with E-state index in [-0.39, 0.29) is 19.3 Å². The van der Waals surface area contributed by atoms with Gasteiger partial charge in [0.15, 0.2) is 0 Å². The molecule has 2 aromatic rings. The third-order valence-corrected chi connectivity index (χ3v) is 12.3. The predicted octanol–water partition coefficient (Wildman–Crippen LogP) is 4.08. The lowest BCUT2D eigenvalue weighted by Crippen LogP contribution is -2.59. The van der Waals surface area contributed by atoms with Crippen molar-refractivity contribution in [3.63, 3.8) is 0 Å². The highest BCUT2D eigenvalue weighted by atomic mass is 32.2. The molecule has 53 heavy (non-hydrogen) atoms. The Labute approximate surface area is 309 Å². The van der Waals surface area contributed by atoms with Gasteiger partial charge < -0.3 is 25.1 Å². The van der Waals surface area contributed by atoms with Crippen molar-refractivity contribution in [3.05, 3.63) is 84.5 Å². The van der Waals surface area contributed by atoms with Crippen molar-refractivity contribution < 1.29 is 37.2 Å². The highest BCUT2D eigenvalue weighted by molar-refractivity contribution is 7.91. The van der Waals surface area contributed by atoms with Crippen molar-refractivity contribution in [2.24, 2.45) is 11.1 Å². The molecule has 2 heterocycles. The second-order valence-electron chi connectivity index (χ2n) is 15.4. The summed E-state index contributed by atoms with van der Waals surface area (Å²) >= 11 is 0. The van der Waals surface area contributed by atoms with Gasteiger partial charge in [-0.25, -0.2) is 13.2 Å². The second kappa shape index (κ2) is 13.8. The minimum Gasteiger partial charge on any atom is -0.444 e. The summed E-state index contributed by atoms with van der Waals surface area (Å²) in [7, 11) is -3.90. The number of hydrogen-bond donors (Lipinski definition) is 3. The Morgan fingerprint density at radius 2 is 1.62 bits per heavy atom. The fourth-order valence-corrected chi connectivity index (χ4v) is 8.95. The van der Waals surface area contributed by atoms with Gasteiger partial charge in [0.1, 0.15) is 35.0 Å². The van der Waals surface area contributed by atoms with Crippen LogP contribution in [-0.4, -0.2) is 83.5 Å². The molecule has 3 unspecified atom stereocenters. The number of benzene rings is 2. The Hall–Kier alpha value is -4.98. The van der Waals surface area contributed by atoms with Crippen LogP contribution in [0.25, 0.3) is 11.1 Å². The summed E-state index contributed by atoms with van der Waals surface area (Å²) in [6, 6.07) is 12.9. The van der Waals surface area contributed by atoms with Crippen LogP contribution in [-0.2, 0) is 34.0 Å². The van der Waals surface area contributed by atoms with Gasteiger partial charge in [0, 0.05) is 23.5 Å². The number of rotatable bonds is 9. The van der Waals surface area contributed by atoms with Crippen LogP contribution in [0.15, 0.2) is 78.5 Å². The monoisotopic (exact) mass is 743 g/mol. The summed E-state index contributed by atoms with van der Waals surface area (Å²) < 4.78 is 33.1. The van der Waals surface area contributed by atoms with Gasteiger partial charge in [-0.3, -0.25) is 19.1 Å². The minimum absolute atomic E-state index is 0.0298. The predicted molar refractivity (Wildman–Crippen MR) is 197 cm³/mol. The van der Waals surface area contributed by atoms with Crippen LogP contribution in [0.5, 0.6) is 0 Å². The number of nitrogens with zero attached hydrogens (tertiary/aromatic N) is 2. The summed E-state index contributed by atoms with van der Waals surface area (Å²) in [6.45, 7) is 8.94. The number of alkyl carbamates (subject to hydrolysis) is 1. The Balaban J connectivity index is 1.21. The molecule has 3 aliphatic carbocycles. The zero-order chi connectivity index (χ0) is 37.7. The van der Waals surface area contributed by atoms with Crippen LogP contribution in [0.2, 0.25) is 0 Å². The van der Waals surface area contributed by atoms with Gasteiger partial charge in [0.05, 0.1) is 11.3 Å². The molecule has 13 nitrogen and oxygen atoms in total. The Morgan fingerprint density at radius 1 is 0.981 bits per heavy atom. The number of oxime groups is 1. The zero-order valence-corrected chi connectivity index (χ0v) is 30.9. The maximum absolute atomic E-state index is 14.6. The second-order valence-corrected chi connectivity index (χ2v) is 17.4. The number of amides is 4. The molecule has 5 aliphatic rings. The highest BCUT2D eigenvalue weighted by Crippen LogP contribution is 2.46. The van der Waals surface area contributed by atoms with E-state index in [1.807, 2.05) is 60.7 Å². The highest BCUT2D eigenvalue weighted by Gasteiger charge is 2.62. The fourth-order valence-electron chi connectivity index (χ4n) is 7.59. The number of nitrogens with one attached hydrogen (secondary N) is 3. The molecule has 14 heteroatoms. The summed E-state index contributed by atoms with van der Waals surface area (Å²) in [5, 5.41) is 9.57. The molecule has 0 aromatic heterocycles. The van der Waals surface area contributed by atoms with Gasteiger partial charge in [0.2, 0.25) is 21.8 Å². The summed E-state index contributed by atoms with van der Waals surface area (Å²) in [4.78, 5) is 63.3. The van der Waals surface area contributed by atoms with E-state index >= 15 is 0 Å². The lowest BCUT2D eigenvalue weighted by atomic mass is 10.1. The molecule has 3 fully saturated rings. The van der Waals surface area contributed by atoms with E-state index in [2.05, 4.69) is 27.1 Å². The fraction of sp³-hybridized carbons (Fsp3) is 0.462. The van der Waals surface area contributed by atoms with Gasteiger partial charge in [-0.15, -0.1) is 6.58 Å². The van der Waals surface area contributed by atoms with E-state index in [4.69, 9.17) is 9.57 Å². The molecule has 2 aromatic carbocycles. The Morgan fingerprint density at radius 3 is 2.21 bits per heavy atom. The smallest absolute Gasteiger partial charge is 0.408 e. The van der Waals surface area contributed by atoms with Crippen molar-refractivity contribution in [2.45, 2.75) is 106 Å². The van der Waals surface area contributed by atoms with E-state index in [0.717, 1.165) is 22.3 Å². The lowest BCUT2D eigenvalue weighted by molar-refractivity contribution is -0.143. The minimum atomic E-state index is -3.90. The van der Waals surface area contributed by atoms with Crippen molar-refractivity contribution in [1.29, 1.82) is 0 Å². The van der Waals surface area contributed by atoms with E-state index in [1.54, 1.807) is 20.8 Å². The van der Waals surface area contributed by atoms with Gasteiger partial charge in [0.25, 0.3) is 5.91 Å². The number of sulfonamides is 1. The van der Waals surface area contributed by atoms with Crippen molar-refractivity contribution in [1.82, 2.24) is 20.3 Å². The largest absolute Gasteiger partial charge is 0.444 e. The molecule has 0 spiro atoms. The van der Waals surface area contributed by atoms with Crippen LogP contribution in [0.3, 0.4) is 0 Å². The molecule has 1 saturated heterocycles. The molecule has 3 N–H and O–H groups in total. The van der Waals surface area contributed by atoms with Crippen molar-refractivity contribution >= 4 is 39.5 Å². The molecule has 7 rings (SSSR count). The van der Waals surface area contributed by atoms with Crippen LogP contribution in [0.4, 0.5) is 4.79 Å². The maximum atomic E-state index is 14.6. The lowest BCUT2D eigenvalue weighted by Gasteiger charge is -2.33. The maximum Gasteiger partial charge on any atom is 0.408 e. The number of fused-ring (bicyclic) bond motifs is 4. The average molecular weight is 744 g/mol. The SMILES string of the molecule is C=C[C@@H]1CC1(NC(=O)[C@@H]1C[C@@H](ON=C2c3ccccc3-c3ccccc32)C2CC/C=C\CC(NC(=O)OC(C)(C)C)C(=O)N21)C(=O)NS(=O)(=O)C1CC1. The molecule has 2 saturated carbocycles. The summed E-state index contributed by atoms with van der Waals surface area (Å²) in [6.07, 6.45) is 5.97. The summed E-state index contributed by atoms with van der Waals surface area (Å²) in [5.74, 6) is -2.52. The Bertz CT molecular complexity index is 1970. The van der Waals surface area contributed by atoms with Crippen LogP contribution < -0.4 is 15.4 Å². The van der Waals surface area contributed by atoms with Gasteiger partial charge in [-0.2, -0.15) is 0 Å². The first-order chi connectivity index (χ1) is 25.2. The normalized spacial score (nSPS) is 28.1. The quantitative estimate of drug-likeness (QED) is 0.217. The number of hydrogen-bond acceptors (Lipinski definition) is 9. The van der Waals surface area contributed by atoms with E-state index in [1.165, 1.54) is 11.0 Å². The van der Waals surface area contributed by atoms with Gasteiger partial charge in [-0.1, -0.05) is 71.9 Å². The van der Waals surface area contributed by atoms with Crippen LogP contribution in [0.1, 0.15) is 76.8 Å². The van der Waals surface area contributed by atoms with E-state index in [9.17, 15) is 27.6 Å². The molecule has 6 atom stereocenters. The first-order valence-corrected chi connectivity index (χ1v) is 19.7. The molecule has 0 radical (unpaired) electrons. The van der Waals surface area contributed by atoms with Gasteiger partial charge in [-0.05, 0) is 70.4 Å². The third kappa shape index (κ3) is 7.20. The zero-order valence-electron chi connectivity index (χ0n) is 30.0. The molecular formula is C39H45N5O8S. The molecule has 2 aliphatic heterocycles. The van der Waals surface area contributed by atoms with Crippen LogP contribution >= 0.6 is 0 Å². The van der Waals surface area contributed by atoms with Crippen molar-refractivity contribution in [3.8, 4) is 11.1 Å². The standard InChI is InChI=1S/C39H45N5O8S/c1-5-23-22-39(23,36(47)43-53(49,50)24-19-20-24)41-34(45)31-21-32(52-42-33-27-15-11-9-13-25(27)26-14-10-12-16-28(26)33)30-18-8-6-7-17-29(35(46)44(30)31)40-37(48)51-38(2,3)4/h5-7,9-16,23-24,29-32H,1,8,17-22H2,2-4H3,(H,40,48)(H,41,45)(H,43,47)/b7-6-/t23-,29?,30?,31+,32-,39?/m1/s1. The summed E-state index contributed by atoms with van der Waals surface area (Å²) in [5.41, 5.74) is 2.09. The van der Waals surface area contributed by atoms with E-state index < -0.39 is 80.4 Å². The number of carbonyl (C=O) groups excluding carboxylic acids is 4. The molecule has 0 bridgehead atoms. The van der Waals surface area contributed by atoms with Crippen LogP contribution in [0, 0.1) is 5.92 Å². The first-order valence-electron chi connectivity index (χ1n) is 18.1. The van der Waals surface area contributed by atoms with Crippen molar-refractivity contribution in [2.75, 3.05) is 0 Å². The third-order valence-electron chi connectivity index (χ3n) is 10.5. The number of carbonyl (C=O) groups is 4. The molecule has 280 valence electrons. The first kappa shape index (κ1) is 36.4. The number of allylic oxidation sites excluding steroid dienone is 1. The average Bonchev–Trinajstić information content (AvgIpc) is 4.02. The van der Waals surface area contributed by atoms with E-state index in [0.29, 0.717) is 31.4 Å². The van der Waals surface area contributed by atoms with Gasteiger partial charge >= 0.3 is 6.09 Å². The molecule has 4 amide bonds. The Kier molecular flexibility index (Phi) is 9.46. The topological polar surface area (TPSA) is 173 Å².